The van der Waals surface area contributed by atoms with Crippen LogP contribution in [0, 0.1) is 0 Å². The number of fused-ring (bicyclic) bond motifs is 1. The highest BCUT2D eigenvalue weighted by atomic mass is 16.6. The van der Waals surface area contributed by atoms with Crippen LogP contribution in [0.3, 0.4) is 0 Å². The number of H-pyrrole nitrogens is 1. The van der Waals surface area contributed by atoms with Gasteiger partial charge in [-0.1, -0.05) is 6.07 Å². The van der Waals surface area contributed by atoms with Crippen LogP contribution < -0.4 is 32.6 Å². The van der Waals surface area contributed by atoms with Crippen LogP contribution >= 0.6 is 0 Å². The number of esters is 3. The fraction of sp³-hybridized carbons (Fsp3) is 0.580. The van der Waals surface area contributed by atoms with Crippen molar-refractivity contribution in [3.63, 3.8) is 0 Å². The minimum atomic E-state index is -1.36. The number of carbonyl (C=O) groups excluding carboxylic acids is 6. The molecule has 22 heteroatoms. The second kappa shape index (κ2) is 26.2. The number of amides is 3. The summed E-state index contributed by atoms with van der Waals surface area (Å²) in [5, 5.41) is 21.3. The monoisotopic (exact) mass is 1010 g/mol. The lowest BCUT2D eigenvalue weighted by Gasteiger charge is -2.33. The Bertz CT molecular complexity index is 2380. The first kappa shape index (κ1) is 57.9. The molecule has 8 N–H and O–H groups in total. The molecule has 1 aliphatic heterocycles. The third-order valence-corrected chi connectivity index (χ3v) is 10.9. The summed E-state index contributed by atoms with van der Waals surface area (Å²) >= 11 is 0. The molecule has 1 saturated heterocycles. The topological polar surface area (TPSA) is 297 Å². The normalized spacial score (nSPS) is 15.2. The molecule has 3 aromatic rings. The predicted octanol–water partition coefficient (Wildman–Crippen LogP) is 2.41. The maximum Gasteiger partial charge on any atom is 0.326 e. The summed E-state index contributed by atoms with van der Waals surface area (Å²) < 4.78 is 17.0. The molecule has 2 aromatic carbocycles. The van der Waals surface area contributed by atoms with Crippen LogP contribution in [0.2, 0.25) is 0 Å². The van der Waals surface area contributed by atoms with Crippen LogP contribution in [0.4, 0.5) is 11.6 Å². The van der Waals surface area contributed by atoms with Crippen molar-refractivity contribution in [2.75, 3.05) is 76.5 Å². The lowest BCUT2D eigenvalue weighted by Crippen LogP contribution is -2.49. The number of rotatable bonds is 21. The Morgan fingerprint density at radius 1 is 0.722 bits per heavy atom. The maximum absolute atomic E-state index is 13.8. The average molecular weight is 1010 g/mol. The van der Waals surface area contributed by atoms with E-state index in [-0.39, 0.29) is 74.8 Å². The number of nitrogens with one attached hydrogen (secondary N) is 5. The van der Waals surface area contributed by atoms with Crippen molar-refractivity contribution in [1.82, 2.24) is 40.6 Å². The van der Waals surface area contributed by atoms with Gasteiger partial charge in [-0.15, -0.1) is 0 Å². The average Bonchev–Trinajstić information content (AvgIpc) is 3.34. The highest BCUT2D eigenvalue weighted by Gasteiger charge is 2.33. The van der Waals surface area contributed by atoms with E-state index in [0.29, 0.717) is 62.4 Å². The van der Waals surface area contributed by atoms with Crippen LogP contribution in [0.25, 0.3) is 10.9 Å². The number of aromatic amines is 1. The van der Waals surface area contributed by atoms with Crippen molar-refractivity contribution in [3.05, 3.63) is 63.9 Å². The molecule has 2 heterocycles. The van der Waals surface area contributed by atoms with Crippen molar-refractivity contribution in [2.45, 2.75) is 123 Å². The molecule has 4 rings (SSSR count). The zero-order valence-electron chi connectivity index (χ0n) is 43.1. The van der Waals surface area contributed by atoms with E-state index in [2.05, 4.69) is 31.2 Å². The fourth-order valence-electron chi connectivity index (χ4n) is 7.60. The van der Waals surface area contributed by atoms with Crippen molar-refractivity contribution in [2.24, 2.45) is 0 Å². The lowest BCUT2D eigenvalue weighted by molar-refractivity contribution is -0.163. The second-order valence-electron chi connectivity index (χ2n) is 20.7. The smallest absolute Gasteiger partial charge is 0.326 e. The first-order valence-electron chi connectivity index (χ1n) is 24.2. The summed E-state index contributed by atoms with van der Waals surface area (Å²) in [6.45, 7) is 18.7. The number of carbonyl (C=O) groups is 7. The number of hydrogen-bond donors (Lipinski definition) is 7. The number of nitrogen functional groups attached to an aromatic ring is 1. The molecule has 1 aliphatic rings. The minimum Gasteiger partial charge on any atom is -0.480 e. The Morgan fingerprint density at radius 2 is 1.24 bits per heavy atom. The fourth-order valence-corrected chi connectivity index (χ4v) is 7.60. The molecule has 1 aromatic heterocycles. The second-order valence-corrected chi connectivity index (χ2v) is 20.7. The summed E-state index contributed by atoms with van der Waals surface area (Å²) in [6.07, 6.45) is -0.411. The Morgan fingerprint density at radius 3 is 1.75 bits per heavy atom. The molecule has 2 atom stereocenters. The van der Waals surface area contributed by atoms with Gasteiger partial charge in [-0.25, -0.2) is 9.78 Å². The van der Waals surface area contributed by atoms with E-state index in [1.54, 1.807) is 92.6 Å². The van der Waals surface area contributed by atoms with Crippen LogP contribution in [0.5, 0.6) is 0 Å². The summed E-state index contributed by atoms with van der Waals surface area (Å²) in [4.78, 5) is 115. The molecular formula is C50H74N10O12. The number of carboxylic acids is 1. The maximum atomic E-state index is 13.8. The lowest BCUT2D eigenvalue weighted by atomic mass is 10.1. The van der Waals surface area contributed by atoms with Gasteiger partial charge in [-0.05, 0) is 117 Å². The van der Waals surface area contributed by atoms with Gasteiger partial charge in [0.2, 0.25) is 17.8 Å². The molecule has 0 spiro atoms. The van der Waals surface area contributed by atoms with Gasteiger partial charge in [0.1, 0.15) is 28.9 Å². The van der Waals surface area contributed by atoms with E-state index < -0.39 is 64.6 Å². The number of nitrogens with two attached hydrogens (primary N) is 1. The van der Waals surface area contributed by atoms with Gasteiger partial charge in [0.05, 0.1) is 24.0 Å². The number of anilines is 2. The number of aliphatic carboxylic acids is 1. The Labute approximate surface area is 420 Å². The van der Waals surface area contributed by atoms with Crippen LogP contribution in [-0.4, -0.2) is 166 Å². The minimum absolute atomic E-state index is 0.00913. The summed E-state index contributed by atoms with van der Waals surface area (Å²) in [5.41, 5.74) is 5.20. The van der Waals surface area contributed by atoms with Crippen LogP contribution in [0.1, 0.15) is 104 Å². The Kier molecular flexibility index (Phi) is 21.0. The largest absolute Gasteiger partial charge is 0.480 e. The van der Waals surface area contributed by atoms with E-state index in [4.69, 9.17) is 19.9 Å². The number of carboxylic acid groups (broad SMARTS) is 1. The highest BCUT2D eigenvalue weighted by molar-refractivity contribution is 5.97. The summed E-state index contributed by atoms with van der Waals surface area (Å²) in [5.74, 6) is -4.16. The first-order valence-corrected chi connectivity index (χ1v) is 24.2. The van der Waals surface area contributed by atoms with Crippen LogP contribution in [-0.2, 0) is 49.5 Å². The predicted molar refractivity (Wildman–Crippen MR) is 270 cm³/mol. The Balaban J connectivity index is 1.27. The van der Waals surface area contributed by atoms with Crippen LogP contribution in [0.15, 0.2) is 47.3 Å². The first-order chi connectivity index (χ1) is 33.6. The molecule has 0 saturated carbocycles. The molecule has 72 heavy (non-hydrogen) atoms. The summed E-state index contributed by atoms with van der Waals surface area (Å²) in [6, 6.07) is 9.33. The van der Waals surface area contributed by atoms with E-state index in [0.717, 1.165) is 5.56 Å². The van der Waals surface area contributed by atoms with Crippen molar-refractivity contribution < 1.29 is 52.9 Å². The van der Waals surface area contributed by atoms with Crippen molar-refractivity contribution in [3.8, 4) is 0 Å². The summed E-state index contributed by atoms with van der Waals surface area (Å²) in [7, 11) is 0. The molecule has 0 bridgehead atoms. The zero-order valence-corrected chi connectivity index (χ0v) is 43.1. The molecule has 22 nitrogen and oxygen atoms in total. The standard InChI is InChI=1S/C50H74N10O12/c1-48(2,3)70-41(63)30-58-22-23-59(31-42(64)71-49(4,5)6)25-27-60(26-24-58)38(46(69)72-50(7,8)9)17-19-40(62)53-21-20-52-39(61)18-16-37(45(67)68)55-43(65)33-11-13-34(14-12-33)54-29-32-10-15-36-35(28-32)44(66)57-47(51)56-36/h10-15,28,37-38,54H,16-27,29-31H2,1-9H3,(H,52,61)(H,53,62)(H,55,65)(H,67,68)(H3,51,56,57,66)/t37-,38?/m0/s1. The SMILES string of the molecule is CC(C)(C)OC(=O)CN1CCN(CC(=O)OC(C)(C)C)CCN(C(CCC(=O)NCCNC(=O)CC[C@H](NC(=O)c2ccc(NCc3ccc4nc(N)[nH]c(=O)c4c3)cc2)C(=O)O)C(=O)OC(C)(C)C)CC1. The molecular weight excluding hydrogens is 933 g/mol. The van der Waals surface area contributed by atoms with E-state index in [9.17, 15) is 43.5 Å². The van der Waals surface area contributed by atoms with Gasteiger partial charge in [-0.3, -0.25) is 53.2 Å². The number of aromatic nitrogens is 2. The van der Waals surface area contributed by atoms with E-state index in [1.807, 2.05) is 14.7 Å². The molecule has 3 amide bonds. The van der Waals surface area contributed by atoms with Gasteiger partial charge < -0.3 is 46.3 Å². The number of ether oxygens (including phenoxy) is 3. The molecule has 1 fully saturated rings. The van der Waals surface area contributed by atoms with E-state index >= 15 is 0 Å². The Hall–Kier alpha value is -6.65. The quantitative estimate of drug-likeness (QED) is 0.0458. The molecule has 0 radical (unpaired) electrons. The van der Waals surface area contributed by atoms with Gasteiger partial charge in [0.25, 0.3) is 11.5 Å². The molecule has 1 unspecified atom stereocenters. The zero-order chi connectivity index (χ0) is 53.4. The molecule has 0 aliphatic carbocycles. The molecule has 396 valence electrons. The number of nitrogens with zero attached hydrogens (tertiary/aromatic N) is 4. The van der Waals surface area contributed by atoms with Gasteiger partial charge in [-0.2, -0.15) is 0 Å². The van der Waals surface area contributed by atoms with Gasteiger partial charge >= 0.3 is 23.9 Å². The number of benzene rings is 2. The highest BCUT2D eigenvalue weighted by Crippen LogP contribution is 2.19. The number of hydrogen-bond acceptors (Lipinski definition) is 17. The van der Waals surface area contributed by atoms with Gasteiger partial charge in [0, 0.05) is 83.0 Å². The van der Waals surface area contributed by atoms with Gasteiger partial charge in [0.15, 0.2) is 0 Å². The third kappa shape index (κ3) is 21.0. The third-order valence-electron chi connectivity index (χ3n) is 10.9. The van der Waals surface area contributed by atoms with Crippen molar-refractivity contribution in [1.29, 1.82) is 0 Å². The van der Waals surface area contributed by atoms with Crippen molar-refractivity contribution >= 4 is 64.1 Å². The van der Waals surface area contributed by atoms with E-state index in [1.165, 1.54) is 12.1 Å².